The van der Waals surface area contributed by atoms with Crippen LogP contribution in [0.15, 0.2) is 36.5 Å². The van der Waals surface area contributed by atoms with Crippen molar-refractivity contribution < 1.29 is 9.53 Å². The van der Waals surface area contributed by atoms with Crippen LogP contribution >= 0.6 is 0 Å². The molecule has 0 bridgehead atoms. The third kappa shape index (κ3) is 2.82. The summed E-state index contributed by atoms with van der Waals surface area (Å²) in [5.74, 6) is -0.0576. The molecule has 15 heavy (non-hydrogen) atoms. The van der Waals surface area contributed by atoms with Crippen LogP contribution < -0.4 is 0 Å². The highest BCUT2D eigenvalue weighted by Gasteiger charge is 2.35. The number of carbonyl (C=O) groups excluding carboxylic acids is 1. The van der Waals surface area contributed by atoms with Gasteiger partial charge in [-0.05, 0) is 20.8 Å². The summed E-state index contributed by atoms with van der Waals surface area (Å²) in [6.45, 7) is 6.08. The van der Waals surface area contributed by atoms with Crippen LogP contribution in [0.3, 0.4) is 0 Å². The third-order valence-corrected chi connectivity index (χ3v) is 2.61. The van der Waals surface area contributed by atoms with Gasteiger partial charge in [0.25, 0.3) is 0 Å². The Hall–Kier alpha value is -1.31. The Kier molecular flexibility index (Phi) is 3.89. The molecule has 0 N–H and O–H groups in total. The molecule has 0 radical (unpaired) electrons. The first kappa shape index (κ1) is 11.8. The van der Waals surface area contributed by atoms with Crippen LogP contribution in [0.1, 0.15) is 20.8 Å². The Bertz CT molecular complexity index is 292. The van der Waals surface area contributed by atoms with Crippen molar-refractivity contribution in [3.05, 3.63) is 36.5 Å². The van der Waals surface area contributed by atoms with E-state index < -0.39 is 5.41 Å². The van der Waals surface area contributed by atoms with E-state index in [9.17, 15) is 4.79 Å². The molecule has 0 fully saturated rings. The zero-order chi connectivity index (χ0) is 11.3. The van der Waals surface area contributed by atoms with E-state index >= 15 is 0 Å². The van der Waals surface area contributed by atoms with Gasteiger partial charge in [-0.2, -0.15) is 0 Å². The standard InChI is InChI=1S/C13H18O2/c1-4-15-12(14)13(2,3)11-9-7-5-6-8-10-11/h5-11H,4H2,1-3H3. The lowest BCUT2D eigenvalue weighted by Crippen LogP contribution is -2.32. The number of allylic oxidation sites excluding steroid dienone is 6. The summed E-state index contributed by atoms with van der Waals surface area (Å²) in [5, 5.41) is 0. The predicted molar refractivity (Wildman–Crippen MR) is 61.3 cm³/mol. The van der Waals surface area contributed by atoms with Gasteiger partial charge in [0, 0.05) is 5.92 Å². The molecule has 1 rings (SSSR count). The van der Waals surface area contributed by atoms with Crippen molar-refractivity contribution in [2.45, 2.75) is 20.8 Å². The van der Waals surface area contributed by atoms with Crippen LogP contribution in [0, 0.1) is 11.3 Å². The van der Waals surface area contributed by atoms with Crippen molar-refractivity contribution in [3.8, 4) is 0 Å². The lowest BCUT2D eigenvalue weighted by Gasteiger charge is -2.27. The van der Waals surface area contributed by atoms with Gasteiger partial charge in [0.15, 0.2) is 0 Å². The molecule has 0 atom stereocenters. The van der Waals surface area contributed by atoms with Crippen molar-refractivity contribution in [2.75, 3.05) is 6.61 Å². The maximum Gasteiger partial charge on any atom is 0.312 e. The monoisotopic (exact) mass is 206 g/mol. The SMILES string of the molecule is CCOC(=O)C(C)(C)C1C=CC=CC=C1. The van der Waals surface area contributed by atoms with Crippen molar-refractivity contribution in [1.82, 2.24) is 0 Å². The molecular formula is C13H18O2. The molecule has 0 aromatic heterocycles. The maximum atomic E-state index is 11.8. The first-order valence-electron chi connectivity index (χ1n) is 5.28. The molecule has 2 nitrogen and oxygen atoms in total. The van der Waals surface area contributed by atoms with Gasteiger partial charge in [-0.25, -0.2) is 0 Å². The molecule has 0 saturated heterocycles. The second-order valence-corrected chi connectivity index (χ2v) is 4.12. The van der Waals surface area contributed by atoms with Crippen LogP contribution in [0.25, 0.3) is 0 Å². The Morgan fingerprint density at radius 1 is 1.20 bits per heavy atom. The molecule has 1 aliphatic rings. The van der Waals surface area contributed by atoms with E-state index in [4.69, 9.17) is 4.74 Å². The van der Waals surface area contributed by atoms with Crippen molar-refractivity contribution in [2.24, 2.45) is 11.3 Å². The summed E-state index contributed by atoms with van der Waals surface area (Å²) < 4.78 is 5.07. The largest absolute Gasteiger partial charge is 0.466 e. The smallest absolute Gasteiger partial charge is 0.312 e. The Labute approximate surface area is 91.3 Å². The van der Waals surface area contributed by atoms with Crippen LogP contribution in [0.4, 0.5) is 0 Å². The molecule has 0 spiro atoms. The first-order valence-corrected chi connectivity index (χ1v) is 5.28. The van der Waals surface area contributed by atoms with Crippen LogP contribution in [-0.4, -0.2) is 12.6 Å². The topological polar surface area (TPSA) is 26.3 Å². The molecule has 0 saturated carbocycles. The lowest BCUT2D eigenvalue weighted by molar-refractivity contribution is -0.154. The van der Waals surface area contributed by atoms with Crippen LogP contribution in [0.5, 0.6) is 0 Å². The molecule has 0 heterocycles. The number of hydrogen-bond acceptors (Lipinski definition) is 2. The van der Waals surface area contributed by atoms with Gasteiger partial charge in [0.05, 0.1) is 12.0 Å². The highest BCUT2D eigenvalue weighted by molar-refractivity contribution is 5.77. The quantitative estimate of drug-likeness (QED) is 0.664. The fourth-order valence-electron chi connectivity index (χ4n) is 1.49. The zero-order valence-corrected chi connectivity index (χ0v) is 9.57. The zero-order valence-electron chi connectivity index (χ0n) is 9.57. The average molecular weight is 206 g/mol. The fraction of sp³-hybridized carbons (Fsp3) is 0.462. The predicted octanol–water partition coefficient (Wildman–Crippen LogP) is 2.87. The Balaban J connectivity index is 2.80. The summed E-state index contributed by atoms with van der Waals surface area (Å²) in [7, 11) is 0. The van der Waals surface area contributed by atoms with Crippen molar-refractivity contribution in [3.63, 3.8) is 0 Å². The van der Waals surface area contributed by atoms with E-state index in [1.165, 1.54) is 0 Å². The van der Waals surface area contributed by atoms with Gasteiger partial charge in [-0.15, -0.1) is 0 Å². The van der Waals surface area contributed by atoms with E-state index in [1.54, 1.807) is 0 Å². The van der Waals surface area contributed by atoms with E-state index in [0.717, 1.165) is 0 Å². The minimum atomic E-state index is -0.505. The van der Waals surface area contributed by atoms with Gasteiger partial charge < -0.3 is 4.74 Å². The van der Waals surface area contributed by atoms with Crippen LogP contribution in [0.2, 0.25) is 0 Å². The summed E-state index contributed by atoms with van der Waals surface area (Å²) in [4.78, 5) is 11.8. The van der Waals surface area contributed by atoms with Gasteiger partial charge in [0.2, 0.25) is 0 Å². The molecule has 1 aliphatic carbocycles. The molecule has 0 aromatic carbocycles. The molecular weight excluding hydrogens is 188 g/mol. The highest BCUT2D eigenvalue weighted by Crippen LogP contribution is 2.31. The van der Waals surface area contributed by atoms with Crippen molar-refractivity contribution in [1.29, 1.82) is 0 Å². The first-order chi connectivity index (χ1) is 7.09. The summed E-state index contributed by atoms with van der Waals surface area (Å²) in [6.07, 6.45) is 11.9. The number of esters is 1. The second kappa shape index (κ2) is 4.96. The molecule has 2 heteroatoms. The average Bonchev–Trinajstić information content (AvgIpc) is 2.46. The minimum Gasteiger partial charge on any atom is -0.466 e. The van der Waals surface area contributed by atoms with Gasteiger partial charge in [-0.1, -0.05) is 36.5 Å². The van der Waals surface area contributed by atoms with E-state index in [0.29, 0.717) is 6.61 Å². The summed E-state index contributed by atoms with van der Waals surface area (Å²) in [6, 6.07) is 0. The van der Waals surface area contributed by atoms with Crippen LogP contribution in [-0.2, 0) is 9.53 Å². The van der Waals surface area contributed by atoms with E-state index in [-0.39, 0.29) is 11.9 Å². The minimum absolute atomic E-state index is 0.0894. The van der Waals surface area contributed by atoms with Gasteiger partial charge >= 0.3 is 5.97 Å². The molecule has 0 aliphatic heterocycles. The molecule has 0 aromatic rings. The molecule has 0 amide bonds. The Morgan fingerprint density at radius 2 is 1.73 bits per heavy atom. The van der Waals surface area contributed by atoms with Gasteiger partial charge in [0.1, 0.15) is 0 Å². The normalized spacial score (nSPS) is 16.5. The molecule has 82 valence electrons. The Morgan fingerprint density at radius 3 is 2.20 bits per heavy atom. The third-order valence-electron chi connectivity index (χ3n) is 2.61. The van der Waals surface area contributed by atoms with Crippen molar-refractivity contribution >= 4 is 5.97 Å². The summed E-state index contributed by atoms with van der Waals surface area (Å²) >= 11 is 0. The molecule has 0 unspecified atom stereocenters. The number of rotatable bonds is 3. The second-order valence-electron chi connectivity index (χ2n) is 4.12. The maximum absolute atomic E-state index is 11.8. The van der Waals surface area contributed by atoms with Gasteiger partial charge in [-0.3, -0.25) is 4.79 Å². The fourth-order valence-corrected chi connectivity index (χ4v) is 1.49. The number of ether oxygens (including phenoxy) is 1. The number of hydrogen-bond donors (Lipinski definition) is 0. The van der Waals surface area contributed by atoms with E-state index in [2.05, 4.69) is 0 Å². The summed E-state index contributed by atoms with van der Waals surface area (Å²) in [5.41, 5.74) is -0.505. The lowest BCUT2D eigenvalue weighted by atomic mass is 9.78. The number of carbonyl (C=O) groups is 1. The van der Waals surface area contributed by atoms with E-state index in [1.807, 2.05) is 57.2 Å². The highest BCUT2D eigenvalue weighted by atomic mass is 16.5.